The van der Waals surface area contributed by atoms with Crippen LogP contribution in [0.4, 0.5) is 0 Å². The van der Waals surface area contributed by atoms with E-state index in [-0.39, 0.29) is 0 Å². The average Bonchev–Trinajstić information content (AvgIpc) is 2.15. The summed E-state index contributed by atoms with van der Waals surface area (Å²) in [5.74, 6) is -0.730. The van der Waals surface area contributed by atoms with Crippen LogP contribution in [0.3, 0.4) is 0 Å². The monoisotopic (exact) mass is 236 g/mol. The quantitative estimate of drug-likeness (QED) is 0.388. The molecule has 0 aliphatic heterocycles. The van der Waals surface area contributed by atoms with Gasteiger partial charge in [-0.1, -0.05) is 23.3 Å². The third-order valence-electron chi connectivity index (χ3n) is 2.43. The van der Waals surface area contributed by atoms with Crippen molar-refractivity contribution in [2.24, 2.45) is 0 Å². The Morgan fingerprint density at radius 3 is 2.06 bits per heavy atom. The van der Waals surface area contributed by atoms with Gasteiger partial charge in [-0.3, -0.25) is 0 Å². The Morgan fingerprint density at radius 1 is 0.941 bits per heavy atom. The first-order chi connectivity index (χ1) is 7.91. The summed E-state index contributed by atoms with van der Waals surface area (Å²) in [7, 11) is 0. The zero-order valence-electron chi connectivity index (χ0n) is 11.4. The standard InChI is InChI=1S/C15H24O2/c1-12(2)7-5-8-13(3)9-6-10-14(4)11-15(16)17/h7,9,16-17H,5-6,8,10H2,1-4H3. The number of hydrogen-bond acceptors (Lipinski definition) is 2. The Morgan fingerprint density at radius 2 is 1.53 bits per heavy atom. The first-order valence-corrected chi connectivity index (χ1v) is 6.05. The van der Waals surface area contributed by atoms with E-state index in [4.69, 9.17) is 10.2 Å². The molecule has 0 bridgehead atoms. The van der Waals surface area contributed by atoms with Gasteiger partial charge in [-0.15, -0.1) is 0 Å². The van der Waals surface area contributed by atoms with Crippen molar-refractivity contribution in [1.82, 2.24) is 0 Å². The predicted molar refractivity (Wildman–Crippen MR) is 73.1 cm³/mol. The maximum absolute atomic E-state index is 8.62. The van der Waals surface area contributed by atoms with Gasteiger partial charge in [0.05, 0.1) is 0 Å². The minimum Gasteiger partial charge on any atom is -0.475 e. The van der Waals surface area contributed by atoms with E-state index >= 15 is 0 Å². The topological polar surface area (TPSA) is 40.5 Å². The van der Waals surface area contributed by atoms with Crippen molar-refractivity contribution in [3.05, 3.63) is 40.5 Å². The van der Waals surface area contributed by atoms with Crippen LogP contribution in [-0.4, -0.2) is 10.2 Å². The largest absolute Gasteiger partial charge is 0.475 e. The summed E-state index contributed by atoms with van der Waals surface area (Å²) in [5, 5.41) is 17.2. The van der Waals surface area contributed by atoms with Crippen LogP contribution in [0.1, 0.15) is 53.4 Å². The van der Waals surface area contributed by atoms with Gasteiger partial charge in [0, 0.05) is 0 Å². The SMILES string of the molecule is CC(=C=C(O)O)CCC=C(C)CCC=C(C)C. The first-order valence-electron chi connectivity index (χ1n) is 6.05. The summed E-state index contributed by atoms with van der Waals surface area (Å²) in [6, 6.07) is 0. The van der Waals surface area contributed by atoms with Gasteiger partial charge in [0.2, 0.25) is 0 Å². The van der Waals surface area contributed by atoms with Crippen molar-refractivity contribution >= 4 is 0 Å². The molecule has 0 aromatic carbocycles. The Balaban J connectivity index is 4.01. The fraction of sp³-hybridized carbons (Fsp3) is 0.533. The second kappa shape index (κ2) is 8.72. The van der Waals surface area contributed by atoms with Crippen molar-refractivity contribution < 1.29 is 10.2 Å². The van der Waals surface area contributed by atoms with Crippen LogP contribution in [0.2, 0.25) is 0 Å². The molecule has 0 aromatic heterocycles. The second-order valence-corrected chi connectivity index (χ2v) is 4.64. The Labute approximate surface area is 105 Å². The highest BCUT2D eigenvalue weighted by Crippen LogP contribution is 2.10. The van der Waals surface area contributed by atoms with E-state index in [9.17, 15) is 0 Å². The third-order valence-corrected chi connectivity index (χ3v) is 2.43. The molecule has 0 aliphatic rings. The molecule has 0 rings (SSSR count). The first kappa shape index (κ1) is 15.6. The van der Waals surface area contributed by atoms with E-state index in [1.807, 2.05) is 6.92 Å². The van der Waals surface area contributed by atoms with Crippen LogP contribution in [0.25, 0.3) is 0 Å². The highest BCUT2D eigenvalue weighted by Gasteiger charge is 1.92. The van der Waals surface area contributed by atoms with E-state index in [2.05, 4.69) is 38.7 Å². The molecule has 2 nitrogen and oxygen atoms in total. The van der Waals surface area contributed by atoms with Crippen LogP contribution in [0.5, 0.6) is 0 Å². The highest BCUT2D eigenvalue weighted by molar-refractivity contribution is 5.05. The van der Waals surface area contributed by atoms with E-state index in [0.717, 1.165) is 31.3 Å². The summed E-state index contributed by atoms with van der Waals surface area (Å²) in [4.78, 5) is 0. The van der Waals surface area contributed by atoms with Gasteiger partial charge in [-0.25, -0.2) is 0 Å². The Kier molecular flexibility index (Phi) is 8.00. The van der Waals surface area contributed by atoms with E-state index in [1.54, 1.807) is 0 Å². The van der Waals surface area contributed by atoms with Crippen molar-refractivity contribution in [2.45, 2.75) is 53.4 Å². The van der Waals surface area contributed by atoms with Crippen LogP contribution >= 0.6 is 0 Å². The van der Waals surface area contributed by atoms with Gasteiger partial charge in [0.1, 0.15) is 0 Å². The fourth-order valence-electron chi connectivity index (χ4n) is 1.48. The maximum Gasteiger partial charge on any atom is 0.322 e. The molecule has 0 saturated heterocycles. The molecular weight excluding hydrogens is 212 g/mol. The lowest BCUT2D eigenvalue weighted by Gasteiger charge is -1.99. The fourth-order valence-corrected chi connectivity index (χ4v) is 1.48. The van der Waals surface area contributed by atoms with Gasteiger partial charge in [-0.05, 0) is 64.7 Å². The van der Waals surface area contributed by atoms with Crippen molar-refractivity contribution in [1.29, 1.82) is 0 Å². The molecule has 0 aromatic rings. The lowest BCUT2D eigenvalue weighted by molar-refractivity contribution is 0.192. The smallest absolute Gasteiger partial charge is 0.322 e. The summed E-state index contributed by atoms with van der Waals surface area (Å²) >= 11 is 0. The van der Waals surface area contributed by atoms with E-state index < -0.39 is 5.95 Å². The summed E-state index contributed by atoms with van der Waals surface area (Å²) in [6.45, 7) is 8.21. The molecule has 0 radical (unpaired) electrons. The number of hydrogen-bond donors (Lipinski definition) is 2. The molecule has 0 fully saturated rings. The van der Waals surface area contributed by atoms with Crippen LogP contribution in [-0.2, 0) is 0 Å². The van der Waals surface area contributed by atoms with E-state index in [1.165, 1.54) is 11.1 Å². The van der Waals surface area contributed by atoms with Crippen LogP contribution in [0.15, 0.2) is 40.5 Å². The predicted octanol–water partition coefficient (Wildman–Crippen LogP) is 4.96. The normalized spacial score (nSPS) is 10.7. The second-order valence-electron chi connectivity index (χ2n) is 4.64. The van der Waals surface area contributed by atoms with E-state index in [0.29, 0.717) is 0 Å². The molecule has 2 N–H and O–H groups in total. The average molecular weight is 236 g/mol. The van der Waals surface area contributed by atoms with Crippen LogP contribution in [0, 0.1) is 0 Å². The summed E-state index contributed by atoms with van der Waals surface area (Å²) < 4.78 is 0. The zero-order chi connectivity index (χ0) is 13.3. The van der Waals surface area contributed by atoms with Gasteiger partial charge >= 0.3 is 5.95 Å². The Hall–Kier alpha value is -1.40. The zero-order valence-corrected chi connectivity index (χ0v) is 11.4. The lowest BCUT2D eigenvalue weighted by Crippen LogP contribution is -1.80. The minimum atomic E-state index is -0.730. The number of rotatable bonds is 6. The molecule has 0 saturated carbocycles. The van der Waals surface area contributed by atoms with Crippen molar-refractivity contribution in [3.63, 3.8) is 0 Å². The number of allylic oxidation sites excluding steroid dienone is 5. The molecule has 2 heteroatoms. The minimum absolute atomic E-state index is 0.730. The van der Waals surface area contributed by atoms with Gasteiger partial charge in [0.15, 0.2) is 0 Å². The molecule has 96 valence electrons. The summed E-state index contributed by atoms with van der Waals surface area (Å²) in [6.07, 6.45) is 8.37. The molecule has 0 atom stereocenters. The lowest BCUT2D eigenvalue weighted by atomic mass is 10.1. The summed E-state index contributed by atoms with van der Waals surface area (Å²) in [5.41, 5.74) is 6.08. The highest BCUT2D eigenvalue weighted by atomic mass is 16.5. The third kappa shape index (κ3) is 10.9. The van der Waals surface area contributed by atoms with Crippen molar-refractivity contribution in [2.75, 3.05) is 0 Å². The molecule has 0 unspecified atom stereocenters. The van der Waals surface area contributed by atoms with Crippen LogP contribution < -0.4 is 0 Å². The maximum atomic E-state index is 8.62. The number of aliphatic hydroxyl groups is 2. The van der Waals surface area contributed by atoms with Crippen molar-refractivity contribution in [3.8, 4) is 0 Å². The molecule has 17 heavy (non-hydrogen) atoms. The van der Waals surface area contributed by atoms with Gasteiger partial charge < -0.3 is 10.2 Å². The number of aliphatic hydroxyl groups excluding tert-OH is 1. The van der Waals surface area contributed by atoms with Gasteiger partial charge in [-0.2, -0.15) is 0 Å². The Bertz CT molecular complexity index is 345. The van der Waals surface area contributed by atoms with Gasteiger partial charge in [0.25, 0.3) is 0 Å². The molecule has 0 aliphatic carbocycles. The molecule has 0 amide bonds. The molecular formula is C15H24O2. The molecule has 0 heterocycles. The molecule has 0 spiro atoms.